The monoisotopic (exact) mass is 317 g/mol. The molecular weight excluding hydrogens is 299 g/mol. The molecule has 1 aromatic rings. The molecule has 0 fully saturated rings. The zero-order chi connectivity index (χ0) is 16.9. The Morgan fingerprint density at radius 3 is 2.14 bits per heavy atom. The maximum Gasteiger partial charge on any atom is 0.471 e. The molecule has 1 amide bonds. The summed E-state index contributed by atoms with van der Waals surface area (Å²) in [5.41, 5.74) is 0.482. The molecule has 0 spiro atoms. The minimum absolute atomic E-state index is 0.0115. The van der Waals surface area contributed by atoms with Crippen LogP contribution in [-0.2, 0) is 9.59 Å². The van der Waals surface area contributed by atoms with Crippen LogP contribution in [0.5, 0.6) is 0 Å². The summed E-state index contributed by atoms with van der Waals surface area (Å²) in [6.45, 7) is 2.60. The van der Waals surface area contributed by atoms with Crippen molar-refractivity contribution in [2.24, 2.45) is 5.92 Å². The SMILES string of the molecule is CC(C)CC(c1ccccc1)N(CC(=O)O)C(=O)C(F)(F)F. The molecule has 122 valence electrons. The predicted octanol–water partition coefficient (Wildman–Crippen LogP) is 3.25. The first-order chi connectivity index (χ1) is 10.1. The van der Waals surface area contributed by atoms with Crippen molar-refractivity contribution in [3.05, 3.63) is 35.9 Å². The van der Waals surface area contributed by atoms with Crippen molar-refractivity contribution in [3.8, 4) is 0 Å². The van der Waals surface area contributed by atoms with Gasteiger partial charge in [-0.1, -0.05) is 44.2 Å². The zero-order valence-corrected chi connectivity index (χ0v) is 12.3. The van der Waals surface area contributed by atoms with E-state index in [0.29, 0.717) is 10.5 Å². The van der Waals surface area contributed by atoms with Gasteiger partial charge in [0.15, 0.2) is 0 Å². The highest BCUT2D eigenvalue weighted by molar-refractivity contribution is 5.85. The fraction of sp³-hybridized carbons (Fsp3) is 0.467. The van der Waals surface area contributed by atoms with Crippen LogP contribution in [0.4, 0.5) is 13.2 Å². The lowest BCUT2D eigenvalue weighted by atomic mass is 9.95. The average Bonchev–Trinajstić information content (AvgIpc) is 2.41. The quantitative estimate of drug-likeness (QED) is 0.876. The van der Waals surface area contributed by atoms with Gasteiger partial charge in [-0.2, -0.15) is 13.2 Å². The van der Waals surface area contributed by atoms with E-state index in [1.807, 2.05) is 0 Å². The molecule has 0 aliphatic rings. The average molecular weight is 317 g/mol. The lowest BCUT2D eigenvalue weighted by Gasteiger charge is -2.32. The van der Waals surface area contributed by atoms with E-state index in [4.69, 9.17) is 5.11 Å². The Labute approximate surface area is 126 Å². The summed E-state index contributed by atoms with van der Waals surface area (Å²) >= 11 is 0. The molecule has 0 heterocycles. The number of amides is 1. The van der Waals surface area contributed by atoms with E-state index < -0.39 is 30.6 Å². The molecule has 0 bridgehead atoms. The summed E-state index contributed by atoms with van der Waals surface area (Å²) in [5.74, 6) is -3.63. The Morgan fingerprint density at radius 2 is 1.73 bits per heavy atom. The van der Waals surface area contributed by atoms with Crippen LogP contribution in [0.25, 0.3) is 0 Å². The smallest absolute Gasteiger partial charge is 0.471 e. The summed E-state index contributed by atoms with van der Waals surface area (Å²) in [6.07, 6.45) is -4.88. The highest BCUT2D eigenvalue weighted by Crippen LogP contribution is 2.31. The van der Waals surface area contributed by atoms with E-state index in [0.717, 1.165) is 0 Å². The van der Waals surface area contributed by atoms with Crippen LogP contribution < -0.4 is 0 Å². The third kappa shape index (κ3) is 5.05. The summed E-state index contributed by atoms with van der Waals surface area (Å²) in [7, 11) is 0. The Hall–Kier alpha value is -2.05. The van der Waals surface area contributed by atoms with Crippen molar-refractivity contribution in [1.29, 1.82) is 0 Å². The van der Waals surface area contributed by atoms with Crippen LogP contribution in [0.2, 0.25) is 0 Å². The van der Waals surface area contributed by atoms with Crippen LogP contribution in [0.1, 0.15) is 31.9 Å². The van der Waals surface area contributed by atoms with Gasteiger partial charge >= 0.3 is 18.1 Å². The Kier molecular flexibility index (Phi) is 5.96. The first-order valence-electron chi connectivity index (χ1n) is 6.77. The standard InChI is InChI=1S/C15H18F3NO3/c1-10(2)8-12(11-6-4-3-5-7-11)19(9-13(20)21)14(22)15(16,17)18/h3-7,10,12H,8-9H2,1-2H3,(H,20,21). The Morgan fingerprint density at radius 1 is 1.18 bits per heavy atom. The third-order valence-corrected chi connectivity index (χ3v) is 3.06. The van der Waals surface area contributed by atoms with Crippen LogP contribution in [0.15, 0.2) is 30.3 Å². The number of benzene rings is 1. The van der Waals surface area contributed by atoms with Crippen LogP contribution in [-0.4, -0.2) is 34.6 Å². The number of alkyl halides is 3. The molecule has 0 radical (unpaired) electrons. The van der Waals surface area contributed by atoms with Crippen molar-refractivity contribution in [2.75, 3.05) is 6.54 Å². The number of carbonyl (C=O) groups is 2. The molecule has 1 unspecified atom stereocenters. The predicted molar refractivity (Wildman–Crippen MR) is 74.0 cm³/mol. The number of carboxylic acid groups (broad SMARTS) is 1. The summed E-state index contributed by atoms with van der Waals surface area (Å²) in [4.78, 5) is 22.9. The second-order valence-electron chi connectivity index (χ2n) is 5.38. The van der Waals surface area contributed by atoms with E-state index >= 15 is 0 Å². The Balaban J connectivity index is 3.24. The molecular formula is C15H18F3NO3. The zero-order valence-electron chi connectivity index (χ0n) is 12.3. The third-order valence-electron chi connectivity index (χ3n) is 3.06. The highest BCUT2D eigenvalue weighted by Gasteiger charge is 2.45. The molecule has 22 heavy (non-hydrogen) atoms. The molecule has 0 aliphatic heterocycles. The van der Waals surface area contributed by atoms with Gasteiger partial charge in [0.05, 0.1) is 6.04 Å². The number of hydrogen-bond donors (Lipinski definition) is 1. The fourth-order valence-electron chi connectivity index (χ4n) is 2.20. The fourth-order valence-corrected chi connectivity index (χ4v) is 2.20. The number of rotatable bonds is 6. The van der Waals surface area contributed by atoms with Gasteiger partial charge in [-0.25, -0.2) is 0 Å². The van der Waals surface area contributed by atoms with Gasteiger partial charge in [-0.05, 0) is 17.9 Å². The van der Waals surface area contributed by atoms with Gasteiger partial charge in [-0.15, -0.1) is 0 Å². The number of hydrogen-bond acceptors (Lipinski definition) is 2. The van der Waals surface area contributed by atoms with Crippen molar-refractivity contribution in [3.63, 3.8) is 0 Å². The molecule has 1 aromatic carbocycles. The summed E-state index contributed by atoms with van der Waals surface area (Å²) in [5, 5.41) is 8.87. The van der Waals surface area contributed by atoms with Gasteiger partial charge in [-0.3, -0.25) is 9.59 Å². The van der Waals surface area contributed by atoms with Crippen molar-refractivity contribution < 1.29 is 27.9 Å². The molecule has 0 aliphatic carbocycles. The van der Waals surface area contributed by atoms with Crippen LogP contribution >= 0.6 is 0 Å². The van der Waals surface area contributed by atoms with Gasteiger partial charge < -0.3 is 10.0 Å². The first-order valence-corrected chi connectivity index (χ1v) is 6.77. The van der Waals surface area contributed by atoms with Gasteiger partial charge in [0, 0.05) is 0 Å². The Bertz CT molecular complexity index is 515. The van der Waals surface area contributed by atoms with E-state index in [-0.39, 0.29) is 12.3 Å². The molecule has 1 N–H and O–H groups in total. The number of aliphatic carboxylic acids is 1. The van der Waals surface area contributed by atoms with Gasteiger partial charge in [0.1, 0.15) is 6.54 Å². The van der Waals surface area contributed by atoms with Crippen LogP contribution in [0, 0.1) is 5.92 Å². The molecule has 7 heteroatoms. The van der Waals surface area contributed by atoms with Crippen molar-refractivity contribution in [1.82, 2.24) is 4.90 Å². The highest BCUT2D eigenvalue weighted by atomic mass is 19.4. The lowest BCUT2D eigenvalue weighted by Crippen LogP contribution is -2.46. The molecule has 1 rings (SSSR count). The summed E-state index contributed by atoms with van der Waals surface area (Å²) in [6, 6.07) is 7.21. The minimum Gasteiger partial charge on any atom is -0.480 e. The maximum absolute atomic E-state index is 12.8. The number of carbonyl (C=O) groups excluding carboxylic acids is 1. The van der Waals surface area contributed by atoms with E-state index in [1.165, 1.54) is 0 Å². The lowest BCUT2D eigenvalue weighted by molar-refractivity contribution is -0.189. The first kappa shape index (κ1) is 18.0. The topological polar surface area (TPSA) is 57.6 Å². The normalized spacial score (nSPS) is 13.0. The van der Waals surface area contributed by atoms with E-state index in [9.17, 15) is 22.8 Å². The summed E-state index contributed by atoms with van der Waals surface area (Å²) < 4.78 is 38.3. The second-order valence-corrected chi connectivity index (χ2v) is 5.38. The molecule has 0 aromatic heterocycles. The minimum atomic E-state index is -5.11. The molecule has 0 saturated heterocycles. The van der Waals surface area contributed by atoms with Crippen LogP contribution in [0.3, 0.4) is 0 Å². The van der Waals surface area contributed by atoms with E-state index in [2.05, 4.69) is 0 Å². The number of halogens is 3. The van der Waals surface area contributed by atoms with Crippen molar-refractivity contribution in [2.45, 2.75) is 32.5 Å². The van der Waals surface area contributed by atoms with Gasteiger partial charge in [0.25, 0.3) is 0 Å². The maximum atomic E-state index is 12.8. The number of carboxylic acids is 1. The second kappa shape index (κ2) is 7.29. The molecule has 4 nitrogen and oxygen atoms in total. The number of nitrogens with zero attached hydrogens (tertiary/aromatic N) is 1. The molecule has 1 atom stereocenters. The van der Waals surface area contributed by atoms with Crippen molar-refractivity contribution >= 4 is 11.9 Å². The molecule has 0 saturated carbocycles. The van der Waals surface area contributed by atoms with Gasteiger partial charge in [0.2, 0.25) is 0 Å². The largest absolute Gasteiger partial charge is 0.480 e. The van der Waals surface area contributed by atoms with E-state index in [1.54, 1.807) is 44.2 Å².